The summed E-state index contributed by atoms with van der Waals surface area (Å²) in [5.41, 5.74) is 0. The third-order valence-corrected chi connectivity index (χ3v) is 1.84. The zero-order valence-corrected chi connectivity index (χ0v) is 8.68. The maximum atomic E-state index is 8.51. The molecule has 0 saturated carbocycles. The van der Waals surface area contributed by atoms with Crippen molar-refractivity contribution in [2.24, 2.45) is 0 Å². The van der Waals surface area contributed by atoms with Gasteiger partial charge in [-0.2, -0.15) is 5.10 Å². The highest BCUT2D eigenvalue weighted by molar-refractivity contribution is 4.90. The Morgan fingerprint density at radius 2 is 2.29 bits per heavy atom. The fraction of sp³-hybridized carbons (Fsp3) is 0.778. The molecular formula is C9H17N3O2. The van der Waals surface area contributed by atoms with Crippen LogP contribution in [0.1, 0.15) is 25.6 Å². The van der Waals surface area contributed by atoms with Crippen molar-refractivity contribution < 1.29 is 9.84 Å². The van der Waals surface area contributed by atoms with Crippen LogP contribution in [-0.2, 0) is 11.3 Å². The molecule has 0 fully saturated rings. The van der Waals surface area contributed by atoms with E-state index in [2.05, 4.69) is 23.9 Å². The first-order valence-electron chi connectivity index (χ1n) is 4.82. The molecule has 0 radical (unpaired) electrons. The van der Waals surface area contributed by atoms with Crippen LogP contribution in [0.15, 0.2) is 6.33 Å². The maximum absolute atomic E-state index is 8.51. The van der Waals surface area contributed by atoms with Gasteiger partial charge in [-0.05, 0) is 0 Å². The molecule has 0 aliphatic rings. The minimum Gasteiger partial charge on any atom is -0.394 e. The van der Waals surface area contributed by atoms with Crippen molar-refractivity contribution in [3.8, 4) is 0 Å². The quantitative estimate of drug-likeness (QED) is 0.674. The lowest BCUT2D eigenvalue weighted by atomic mass is 10.2. The van der Waals surface area contributed by atoms with E-state index in [1.165, 1.54) is 0 Å². The van der Waals surface area contributed by atoms with Crippen LogP contribution in [0.25, 0.3) is 0 Å². The fourth-order valence-corrected chi connectivity index (χ4v) is 1.21. The van der Waals surface area contributed by atoms with Gasteiger partial charge >= 0.3 is 0 Å². The Bertz CT molecular complexity index is 260. The number of ether oxygens (including phenoxy) is 1. The lowest BCUT2D eigenvalue weighted by Crippen LogP contribution is -2.13. The first-order valence-corrected chi connectivity index (χ1v) is 4.82. The van der Waals surface area contributed by atoms with Gasteiger partial charge in [-0.1, -0.05) is 13.8 Å². The zero-order chi connectivity index (χ0) is 10.4. The van der Waals surface area contributed by atoms with E-state index in [9.17, 15) is 0 Å². The summed E-state index contributed by atoms with van der Waals surface area (Å²) in [5.74, 6) is 1.34. The normalized spacial score (nSPS) is 11.1. The average molecular weight is 199 g/mol. The smallest absolute Gasteiger partial charge is 0.138 e. The molecule has 0 aromatic carbocycles. The van der Waals surface area contributed by atoms with Crippen molar-refractivity contribution in [3.63, 3.8) is 0 Å². The van der Waals surface area contributed by atoms with Gasteiger partial charge in [0.15, 0.2) is 0 Å². The lowest BCUT2D eigenvalue weighted by molar-refractivity contribution is 0.0848. The highest BCUT2D eigenvalue weighted by Gasteiger charge is 2.07. The Labute approximate surface area is 83.7 Å². The third-order valence-electron chi connectivity index (χ3n) is 1.84. The monoisotopic (exact) mass is 199 g/mol. The zero-order valence-electron chi connectivity index (χ0n) is 8.68. The van der Waals surface area contributed by atoms with Gasteiger partial charge < -0.3 is 9.84 Å². The van der Waals surface area contributed by atoms with Gasteiger partial charge in [0.1, 0.15) is 12.2 Å². The molecule has 1 rings (SSSR count). The lowest BCUT2D eigenvalue weighted by Gasteiger charge is -2.08. The van der Waals surface area contributed by atoms with E-state index in [0.29, 0.717) is 25.7 Å². The van der Waals surface area contributed by atoms with E-state index < -0.39 is 0 Å². The predicted molar refractivity (Wildman–Crippen MR) is 52.0 cm³/mol. The highest BCUT2D eigenvalue weighted by Crippen LogP contribution is 2.09. The molecule has 0 unspecified atom stereocenters. The van der Waals surface area contributed by atoms with Crippen molar-refractivity contribution in [1.82, 2.24) is 14.8 Å². The molecule has 0 atom stereocenters. The molecule has 0 spiro atoms. The Kier molecular flexibility index (Phi) is 4.55. The van der Waals surface area contributed by atoms with Gasteiger partial charge in [-0.25, -0.2) is 9.67 Å². The number of aliphatic hydroxyl groups is 1. The minimum atomic E-state index is 0.0639. The predicted octanol–water partition coefficient (Wildman–Crippen LogP) is 0.410. The summed E-state index contributed by atoms with van der Waals surface area (Å²) in [6.45, 7) is 5.85. The first-order chi connectivity index (χ1) is 6.75. The molecule has 1 aromatic rings. The van der Waals surface area contributed by atoms with Crippen LogP contribution >= 0.6 is 0 Å². The molecule has 5 heteroatoms. The second-order valence-corrected chi connectivity index (χ2v) is 3.33. The molecule has 1 aromatic heterocycles. The molecule has 0 aliphatic heterocycles. The number of hydrogen-bond donors (Lipinski definition) is 1. The molecule has 1 N–H and O–H groups in total. The van der Waals surface area contributed by atoms with Crippen LogP contribution in [0.2, 0.25) is 0 Å². The largest absolute Gasteiger partial charge is 0.394 e. The first kappa shape index (κ1) is 11.1. The SMILES string of the molecule is CC(C)c1ncnn1CCOCCO. The Hall–Kier alpha value is -0.940. The van der Waals surface area contributed by atoms with Gasteiger partial charge in [0.2, 0.25) is 0 Å². The number of aliphatic hydroxyl groups excluding tert-OH is 1. The van der Waals surface area contributed by atoms with E-state index in [4.69, 9.17) is 9.84 Å². The van der Waals surface area contributed by atoms with Gasteiger partial charge in [0.05, 0.1) is 26.4 Å². The van der Waals surface area contributed by atoms with E-state index in [1.54, 1.807) is 6.33 Å². The van der Waals surface area contributed by atoms with E-state index in [0.717, 1.165) is 5.82 Å². The molecule has 0 bridgehead atoms. The van der Waals surface area contributed by atoms with Crippen LogP contribution in [0.4, 0.5) is 0 Å². The second-order valence-electron chi connectivity index (χ2n) is 3.33. The molecule has 80 valence electrons. The summed E-state index contributed by atoms with van der Waals surface area (Å²) in [6.07, 6.45) is 1.56. The Balaban J connectivity index is 2.38. The van der Waals surface area contributed by atoms with Crippen molar-refractivity contribution in [2.45, 2.75) is 26.3 Å². The Morgan fingerprint density at radius 1 is 1.50 bits per heavy atom. The van der Waals surface area contributed by atoms with E-state index in [1.807, 2.05) is 4.68 Å². The summed E-state index contributed by atoms with van der Waals surface area (Å²) < 4.78 is 6.99. The molecule has 0 aliphatic carbocycles. The molecule has 14 heavy (non-hydrogen) atoms. The number of hydrogen-bond acceptors (Lipinski definition) is 4. The summed E-state index contributed by atoms with van der Waals surface area (Å²) in [6, 6.07) is 0. The second kappa shape index (κ2) is 5.72. The van der Waals surface area contributed by atoms with E-state index in [-0.39, 0.29) is 6.61 Å². The van der Waals surface area contributed by atoms with Gasteiger partial charge in [-0.3, -0.25) is 0 Å². The van der Waals surface area contributed by atoms with Crippen LogP contribution in [0.3, 0.4) is 0 Å². The molecular weight excluding hydrogens is 182 g/mol. The standard InChI is InChI=1S/C9H17N3O2/c1-8(2)9-10-7-11-12(9)3-5-14-6-4-13/h7-8,13H,3-6H2,1-2H3. The highest BCUT2D eigenvalue weighted by atomic mass is 16.5. The average Bonchev–Trinajstić information content (AvgIpc) is 2.60. The maximum Gasteiger partial charge on any atom is 0.138 e. The molecule has 1 heterocycles. The van der Waals surface area contributed by atoms with Crippen molar-refractivity contribution in [3.05, 3.63) is 12.2 Å². The summed E-state index contributed by atoms with van der Waals surface area (Å²) in [7, 11) is 0. The van der Waals surface area contributed by atoms with Crippen molar-refractivity contribution >= 4 is 0 Å². The topological polar surface area (TPSA) is 60.2 Å². The fourth-order valence-electron chi connectivity index (χ4n) is 1.21. The van der Waals surface area contributed by atoms with Crippen LogP contribution in [0.5, 0.6) is 0 Å². The number of nitrogens with zero attached hydrogens (tertiary/aromatic N) is 3. The molecule has 5 nitrogen and oxygen atoms in total. The van der Waals surface area contributed by atoms with Crippen molar-refractivity contribution in [1.29, 1.82) is 0 Å². The summed E-state index contributed by atoms with van der Waals surface area (Å²) >= 11 is 0. The molecule has 0 amide bonds. The summed E-state index contributed by atoms with van der Waals surface area (Å²) in [4.78, 5) is 4.16. The van der Waals surface area contributed by atoms with Crippen LogP contribution < -0.4 is 0 Å². The van der Waals surface area contributed by atoms with E-state index >= 15 is 0 Å². The van der Waals surface area contributed by atoms with Crippen LogP contribution in [-0.4, -0.2) is 39.7 Å². The Morgan fingerprint density at radius 3 is 2.93 bits per heavy atom. The minimum absolute atomic E-state index is 0.0639. The van der Waals surface area contributed by atoms with Gasteiger partial charge in [0, 0.05) is 5.92 Å². The van der Waals surface area contributed by atoms with Crippen LogP contribution in [0, 0.1) is 0 Å². The summed E-state index contributed by atoms with van der Waals surface area (Å²) in [5, 5.41) is 12.6. The third kappa shape index (κ3) is 3.08. The number of aromatic nitrogens is 3. The van der Waals surface area contributed by atoms with Gasteiger partial charge in [-0.15, -0.1) is 0 Å². The number of rotatable bonds is 6. The van der Waals surface area contributed by atoms with Crippen molar-refractivity contribution in [2.75, 3.05) is 19.8 Å². The molecule has 0 saturated heterocycles. The van der Waals surface area contributed by atoms with Gasteiger partial charge in [0.25, 0.3) is 0 Å².